The van der Waals surface area contributed by atoms with E-state index >= 15 is 0 Å². The van der Waals surface area contributed by atoms with Crippen molar-refractivity contribution in [3.63, 3.8) is 0 Å². The molecule has 2 aromatic carbocycles. The van der Waals surface area contributed by atoms with Gasteiger partial charge in [0.25, 0.3) is 5.91 Å². The van der Waals surface area contributed by atoms with Crippen LogP contribution in [0, 0.1) is 5.82 Å². The third kappa shape index (κ3) is 3.82. The van der Waals surface area contributed by atoms with Crippen LogP contribution in [0.2, 0.25) is 0 Å². The highest BCUT2D eigenvalue weighted by molar-refractivity contribution is 5.94. The molecule has 0 spiro atoms. The lowest BCUT2D eigenvalue weighted by Crippen LogP contribution is -3.13. The standard InChI is InChI=1S/C20H23FN2O/c1-2-16-7-9-17(10-8-16)15-22-11-13-23(14-12-22)20(24)18-5-3-4-6-19(18)21/h3-10H,2,11-15H2,1H3/p+1. The Morgan fingerprint density at radius 1 is 1.04 bits per heavy atom. The predicted molar refractivity (Wildman–Crippen MR) is 92.5 cm³/mol. The van der Waals surface area contributed by atoms with E-state index in [4.69, 9.17) is 0 Å². The van der Waals surface area contributed by atoms with Gasteiger partial charge in [0.1, 0.15) is 12.4 Å². The summed E-state index contributed by atoms with van der Waals surface area (Å²) in [6, 6.07) is 15.0. The Labute approximate surface area is 142 Å². The summed E-state index contributed by atoms with van der Waals surface area (Å²) in [6.45, 7) is 6.29. The smallest absolute Gasteiger partial charge is 0.257 e. The van der Waals surface area contributed by atoms with Crippen molar-refractivity contribution in [1.29, 1.82) is 0 Å². The molecule has 3 nitrogen and oxygen atoms in total. The van der Waals surface area contributed by atoms with Crippen LogP contribution in [-0.4, -0.2) is 37.0 Å². The van der Waals surface area contributed by atoms with Gasteiger partial charge in [0.05, 0.1) is 31.7 Å². The summed E-state index contributed by atoms with van der Waals surface area (Å²) >= 11 is 0. The SMILES string of the molecule is CCc1ccc(C[NH+]2CCN(C(=O)c3ccccc3F)CC2)cc1. The number of quaternary nitrogens is 1. The van der Waals surface area contributed by atoms with Crippen molar-refractivity contribution < 1.29 is 14.1 Å². The summed E-state index contributed by atoms with van der Waals surface area (Å²) in [6.07, 6.45) is 1.06. The molecule has 4 heteroatoms. The third-order valence-corrected chi connectivity index (χ3v) is 4.75. The molecule has 1 heterocycles. The van der Waals surface area contributed by atoms with Gasteiger partial charge in [0.2, 0.25) is 0 Å². The molecule has 1 amide bonds. The molecular weight excluding hydrogens is 303 g/mol. The van der Waals surface area contributed by atoms with Gasteiger partial charge in [-0.1, -0.05) is 43.3 Å². The summed E-state index contributed by atoms with van der Waals surface area (Å²) in [5.74, 6) is -0.632. The number of benzene rings is 2. The lowest BCUT2D eigenvalue weighted by atomic mass is 10.1. The van der Waals surface area contributed by atoms with Crippen molar-refractivity contribution in [2.75, 3.05) is 26.2 Å². The van der Waals surface area contributed by atoms with Crippen LogP contribution in [0.4, 0.5) is 4.39 Å². The minimum absolute atomic E-state index is 0.177. The highest BCUT2D eigenvalue weighted by Gasteiger charge is 2.25. The van der Waals surface area contributed by atoms with Gasteiger partial charge < -0.3 is 9.80 Å². The number of carbonyl (C=O) groups is 1. The molecule has 0 saturated carbocycles. The molecule has 0 aromatic heterocycles. The van der Waals surface area contributed by atoms with Crippen LogP contribution in [-0.2, 0) is 13.0 Å². The van der Waals surface area contributed by atoms with Crippen molar-refractivity contribution in [2.45, 2.75) is 19.9 Å². The van der Waals surface area contributed by atoms with Crippen molar-refractivity contribution in [2.24, 2.45) is 0 Å². The van der Waals surface area contributed by atoms with Crippen LogP contribution in [0.1, 0.15) is 28.4 Å². The van der Waals surface area contributed by atoms with Gasteiger partial charge in [-0.05, 0) is 24.1 Å². The van der Waals surface area contributed by atoms with E-state index in [1.54, 1.807) is 23.1 Å². The van der Waals surface area contributed by atoms with Crippen molar-refractivity contribution in [1.82, 2.24) is 4.90 Å². The molecule has 0 atom stereocenters. The first-order valence-electron chi connectivity index (χ1n) is 8.62. The van der Waals surface area contributed by atoms with Crippen molar-refractivity contribution >= 4 is 5.91 Å². The predicted octanol–water partition coefficient (Wildman–Crippen LogP) is 1.93. The number of amides is 1. The Morgan fingerprint density at radius 2 is 1.67 bits per heavy atom. The van der Waals surface area contributed by atoms with E-state index < -0.39 is 5.82 Å². The Bertz CT molecular complexity index is 691. The van der Waals surface area contributed by atoms with Gasteiger partial charge in [-0.3, -0.25) is 4.79 Å². The molecule has 1 aliphatic rings. The second-order valence-corrected chi connectivity index (χ2v) is 6.37. The molecule has 24 heavy (non-hydrogen) atoms. The summed E-state index contributed by atoms with van der Waals surface area (Å²) in [7, 11) is 0. The summed E-state index contributed by atoms with van der Waals surface area (Å²) < 4.78 is 13.8. The average molecular weight is 327 g/mol. The number of nitrogens with zero attached hydrogens (tertiary/aromatic N) is 1. The molecule has 0 aliphatic carbocycles. The first-order chi connectivity index (χ1) is 11.7. The number of hydrogen-bond donors (Lipinski definition) is 1. The number of aryl methyl sites for hydroxylation is 1. The quantitative estimate of drug-likeness (QED) is 0.912. The number of rotatable bonds is 4. The van der Waals surface area contributed by atoms with Crippen molar-refractivity contribution in [3.8, 4) is 0 Å². The lowest BCUT2D eigenvalue weighted by molar-refractivity contribution is -0.917. The number of nitrogens with one attached hydrogen (secondary N) is 1. The van der Waals surface area contributed by atoms with E-state index in [1.807, 2.05) is 0 Å². The highest BCUT2D eigenvalue weighted by atomic mass is 19.1. The Morgan fingerprint density at radius 3 is 2.29 bits per heavy atom. The summed E-state index contributed by atoms with van der Waals surface area (Å²) in [5, 5.41) is 0. The molecule has 126 valence electrons. The Hall–Kier alpha value is -2.20. The zero-order chi connectivity index (χ0) is 16.9. The van der Waals surface area contributed by atoms with E-state index in [0.717, 1.165) is 26.1 Å². The van der Waals surface area contributed by atoms with Crippen LogP contribution in [0.3, 0.4) is 0 Å². The van der Waals surface area contributed by atoms with Gasteiger partial charge in [-0.25, -0.2) is 4.39 Å². The van der Waals surface area contributed by atoms with Gasteiger partial charge in [-0.15, -0.1) is 0 Å². The molecule has 1 N–H and O–H groups in total. The Kier molecular flexibility index (Phi) is 5.26. The molecule has 1 aliphatic heterocycles. The largest absolute Gasteiger partial charge is 0.328 e. The van der Waals surface area contributed by atoms with Crippen LogP contribution in [0.25, 0.3) is 0 Å². The number of hydrogen-bond acceptors (Lipinski definition) is 1. The molecule has 0 unspecified atom stereocenters. The molecule has 1 saturated heterocycles. The number of carbonyl (C=O) groups excluding carboxylic acids is 1. The number of piperazine rings is 1. The molecule has 2 aromatic rings. The van der Waals surface area contributed by atoms with Gasteiger partial charge >= 0.3 is 0 Å². The minimum Gasteiger partial charge on any atom is -0.328 e. The fourth-order valence-corrected chi connectivity index (χ4v) is 3.19. The van der Waals surface area contributed by atoms with E-state index in [9.17, 15) is 9.18 Å². The van der Waals surface area contributed by atoms with Crippen molar-refractivity contribution in [3.05, 3.63) is 71.0 Å². The maximum absolute atomic E-state index is 13.8. The molecule has 0 bridgehead atoms. The molecule has 3 rings (SSSR count). The van der Waals surface area contributed by atoms with E-state index in [1.165, 1.54) is 22.1 Å². The lowest BCUT2D eigenvalue weighted by Gasteiger charge is -2.32. The highest BCUT2D eigenvalue weighted by Crippen LogP contribution is 2.10. The minimum atomic E-state index is -0.437. The summed E-state index contributed by atoms with van der Waals surface area (Å²) in [5.41, 5.74) is 2.86. The van der Waals surface area contributed by atoms with Crippen LogP contribution in [0.5, 0.6) is 0 Å². The second-order valence-electron chi connectivity index (χ2n) is 6.37. The zero-order valence-corrected chi connectivity index (χ0v) is 14.1. The van der Waals surface area contributed by atoms with Crippen LogP contribution >= 0.6 is 0 Å². The average Bonchev–Trinajstić information content (AvgIpc) is 2.63. The molecule has 1 fully saturated rings. The third-order valence-electron chi connectivity index (χ3n) is 4.75. The maximum atomic E-state index is 13.8. The van der Waals surface area contributed by atoms with E-state index in [2.05, 4.69) is 31.2 Å². The topological polar surface area (TPSA) is 24.8 Å². The van der Waals surface area contributed by atoms with E-state index in [0.29, 0.717) is 13.1 Å². The van der Waals surface area contributed by atoms with Gasteiger partial charge in [-0.2, -0.15) is 0 Å². The zero-order valence-electron chi connectivity index (χ0n) is 14.1. The maximum Gasteiger partial charge on any atom is 0.257 e. The number of halogens is 1. The van der Waals surface area contributed by atoms with Gasteiger partial charge in [0.15, 0.2) is 0 Å². The molecule has 0 radical (unpaired) electrons. The molecular formula is C20H24FN2O+. The monoisotopic (exact) mass is 327 g/mol. The summed E-state index contributed by atoms with van der Waals surface area (Å²) in [4.78, 5) is 15.7. The first kappa shape index (κ1) is 16.7. The Balaban J connectivity index is 1.55. The fraction of sp³-hybridized carbons (Fsp3) is 0.350. The van der Waals surface area contributed by atoms with E-state index in [-0.39, 0.29) is 11.5 Å². The van der Waals surface area contributed by atoms with Crippen LogP contribution < -0.4 is 4.90 Å². The second kappa shape index (κ2) is 7.58. The normalized spacial score (nSPS) is 15.5. The fourth-order valence-electron chi connectivity index (χ4n) is 3.19. The first-order valence-corrected chi connectivity index (χ1v) is 8.62. The van der Waals surface area contributed by atoms with Crippen LogP contribution in [0.15, 0.2) is 48.5 Å². The van der Waals surface area contributed by atoms with Gasteiger partial charge in [0, 0.05) is 5.56 Å².